The molecule has 2 heterocycles. The molecule has 2 rings (SSSR count). The predicted molar refractivity (Wildman–Crippen MR) is 75.9 cm³/mol. The van der Waals surface area contributed by atoms with Crippen molar-refractivity contribution < 1.29 is 23.7 Å². The van der Waals surface area contributed by atoms with Crippen LogP contribution in [0.2, 0.25) is 0 Å². The fraction of sp³-hybridized carbons (Fsp3) is 0.600. The molecule has 11 heteroatoms. The Bertz CT molecular complexity index is 592. The maximum absolute atomic E-state index is 11.8. The molecule has 0 aromatic carbocycles. The standard InChI is InChI=1S/C10H14N3O6PS/c1-17-10(5-14)6(19-20(16)21)4-8(18-10)13-3-2-7(11)12-9(13)15/h2-3,6,8,14H,4-5H2,1H3,(H2-,11,12,15,16,21)/p+1/t6?,8-,10-/m1/s1. The second-order valence-electron chi connectivity index (χ2n) is 4.36. The first-order chi connectivity index (χ1) is 9.91. The molecule has 0 bridgehead atoms. The van der Waals surface area contributed by atoms with Gasteiger partial charge >= 0.3 is 12.9 Å². The molecule has 0 radical (unpaired) electrons. The first kappa shape index (κ1) is 16.3. The summed E-state index contributed by atoms with van der Waals surface area (Å²) in [6.07, 6.45) is -0.119. The summed E-state index contributed by atoms with van der Waals surface area (Å²) in [5.74, 6) is -1.44. The highest BCUT2D eigenvalue weighted by atomic mass is 32.7. The average molecular weight is 336 g/mol. The van der Waals surface area contributed by atoms with Crippen LogP contribution in [-0.4, -0.2) is 40.3 Å². The van der Waals surface area contributed by atoms with Crippen molar-refractivity contribution in [1.82, 2.24) is 9.55 Å². The van der Waals surface area contributed by atoms with Crippen molar-refractivity contribution in [3.05, 3.63) is 22.7 Å². The number of nitrogen functional groups attached to an aromatic ring is 1. The largest absolute Gasteiger partial charge is 0.582 e. The van der Waals surface area contributed by atoms with E-state index in [2.05, 4.69) is 17.2 Å². The first-order valence-electron chi connectivity index (χ1n) is 5.93. The van der Waals surface area contributed by atoms with Crippen molar-refractivity contribution in [2.45, 2.75) is 24.5 Å². The lowest BCUT2D eigenvalue weighted by atomic mass is 10.1. The molecule has 0 spiro atoms. The third-order valence-electron chi connectivity index (χ3n) is 3.19. The molecule has 21 heavy (non-hydrogen) atoms. The monoisotopic (exact) mass is 336 g/mol. The topological polar surface area (TPSA) is 126 Å². The molecular weight excluding hydrogens is 321 g/mol. The van der Waals surface area contributed by atoms with Gasteiger partial charge in [-0.05, 0) is 10.6 Å². The van der Waals surface area contributed by atoms with Crippen LogP contribution in [-0.2, 0) is 18.6 Å². The van der Waals surface area contributed by atoms with Gasteiger partial charge in [-0.1, -0.05) is 0 Å². The summed E-state index contributed by atoms with van der Waals surface area (Å²) in [4.78, 5) is 15.4. The van der Waals surface area contributed by atoms with E-state index in [0.29, 0.717) is 0 Å². The molecule has 1 fully saturated rings. The van der Waals surface area contributed by atoms with Crippen molar-refractivity contribution in [3.63, 3.8) is 0 Å². The molecule has 1 aliphatic rings. The molecule has 0 saturated carbocycles. The lowest BCUT2D eigenvalue weighted by Crippen LogP contribution is -2.45. The summed E-state index contributed by atoms with van der Waals surface area (Å²) in [6, 6.07) is 1.44. The SMILES string of the molecule is CO[C@]1(CO)O[C@@H](n2ccc(N)nc2=O)CC1O[P+](=O)S. The maximum atomic E-state index is 11.8. The second-order valence-corrected chi connectivity index (χ2v) is 6.02. The van der Waals surface area contributed by atoms with E-state index >= 15 is 0 Å². The van der Waals surface area contributed by atoms with Gasteiger partial charge < -0.3 is 20.3 Å². The molecule has 0 amide bonds. The Hall–Kier alpha value is -1.03. The zero-order valence-electron chi connectivity index (χ0n) is 11.1. The number of hydrogen-bond donors (Lipinski definition) is 3. The van der Waals surface area contributed by atoms with Crippen molar-refractivity contribution in [1.29, 1.82) is 0 Å². The van der Waals surface area contributed by atoms with Gasteiger partial charge in [-0.3, -0.25) is 4.57 Å². The average Bonchev–Trinajstić information content (AvgIpc) is 2.77. The minimum atomic E-state index is -2.23. The molecule has 2 unspecified atom stereocenters. The summed E-state index contributed by atoms with van der Waals surface area (Å²) in [5, 5.41) is 9.51. The second kappa shape index (κ2) is 6.39. The Balaban J connectivity index is 2.32. The summed E-state index contributed by atoms with van der Waals surface area (Å²) >= 11 is 3.68. The zero-order chi connectivity index (χ0) is 15.6. The normalized spacial score (nSPS) is 29.6. The zero-order valence-corrected chi connectivity index (χ0v) is 12.9. The van der Waals surface area contributed by atoms with Crippen molar-refractivity contribution >= 4 is 25.3 Å². The number of thiol groups is 1. The van der Waals surface area contributed by atoms with Gasteiger partial charge in [0.15, 0.2) is 6.10 Å². The van der Waals surface area contributed by atoms with E-state index in [9.17, 15) is 14.5 Å². The maximum Gasteiger partial charge on any atom is 0.582 e. The van der Waals surface area contributed by atoms with E-state index in [1.165, 1.54) is 23.9 Å². The van der Waals surface area contributed by atoms with Crippen molar-refractivity contribution in [2.24, 2.45) is 0 Å². The van der Waals surface area contributed by atoms with E-state index < -0.39 is 37.6 Å². The third kappa shape index (κ3) is 3.25. The van der Waals surface area contributed by atoms with Gasteiger partial charge in [-0.15, -0.1) is 4.52 Å². The highest BCUT2D eigenvalue weighted by Gasteiger charge is 2.54. The lowest BCUT2D eigenvalue weighted by molar-refractivity contribution is -0.265. The van der Waals surface area contributed by atoms with E-state index in [-0.39, 0.29) is 12.2 Å². The van der Waals surface area contributed by atoms with Gasteiger partial charge in [-0.2, -0.15) is 4.98 Å². The molecule has 4 atom stereocenters. The number of aromatic nitrogens is 2. The number of nitrogens with zero attached hydrogens (tertiary/aromatic N) is 2. The van der Waals surface area contributed by atoms with Crippen LogP contribution in [0.15, 0.2) is 17.1 Å². The van der Waals surface area contributed by atoms with Crippen LogP contribution in [0.25, 0.3) is 0 Å². The molecule has 9 nitrogen and oxygen atoms in total. The van der Waals surface area contributed by atoms with E-state index in [0.717, 1.165) is 0 Å². The number of nitrogens with two attached hydrogens (primary N) is 1. The summed E-state index contributed by atoms with van der Waals surface area (Å²) in [5.41, 5.74) is 4.81. The number of methoxy groups -OCH3 is 1. The molecule has 1 aromatic rings. The van der Waals surface area contributed by atoms with Gasteiger partial charge in [0, 0.05) is 19.7 Å². The van der Waals surface area contributed by atoms with Crippen LogP contribution in [0.1, 0.15) is 12.6 Å². The molecule has 0 aliphatic carbocycles. The Morgan fingerprint density at radius 3 is 3.00 bits per heavy atom. The van der Waals surface area contributed by atoms with Gasteiger partial charge in [0.2, 0.25) is 5.79 Å². The van der Waals surface area contributed by atoms with E-state index in [1.54, 1.807) is 0 Å². The highest BCUT2D eigenvalue weighted by molar-refractivity contribution is 8.39. The smallest absolute Gasteiger partial charge is 0.391 e. The minimum Gasteiger partial charge on any atom is -0.391 e. The summed E-state index contributed by atoms with van der Waals surface area (Å²) < 4.78 is 28.2. The summed E-state index contributed by atoms with van der Waals surface area (Å²) in [7, 11) is -0.922. The Kier molecular flexibility index (Phi) is 4.97. The third-order valence-corrected chi connectivity index (χ3v) is 3.90. The van der Waals surface area contributed by atoms with Crippen LogP contribution in [0.3, 0.4) is 0 Å². The van der Waals surface area contributed by atoms with Gasteiger partial charge in [0.25, 0.3) is 0 Å². The number of ether oxygens (including phenoxy) is 2. The van der Waals surface area contributed by atoms with Gasteiger partial charge in [0.05, 0.1) is 0 Å². The molecule has 1 saturated heterocycles. The van der Waals surface area contributed by atoms with Gasteiger partial charge in [-0.25, -0.2) is 4.79 Å². The van der Waals surface area contributed by atoms with Crippen LogP contribution < -0.4 is 11.4 Å². The molecule has 116 valence electrons. The highest BCUT2D eigenvalue weighted by Crippen LogP contribution is 2.43. The van der Waals surface area contributed by atoms with E-state index in [4.69, 9.17) is 19.7 Å². The van der Waals surface area contributed by atoms with Crippen LogP contribution in [0.5, 0.6) is 0 Å². The molecular formula is C10H15N3O6PS+. The lowest BCUT2D eigenvalue weighted by Gasteiger charge is -2.27. The van der Waals surface area contributed by atoms with Gasteiger partial charge in [0.1, 0.15) is 30.9 Å². The quantitative estimate of drug-likeness (QED) is 0.509. The van der Waals surface area contributed by atoms with Crippen molar-refractivity contribution in [3.8, 4) is 0 Å². The minimum absolute atomic E-state index is 0.0839. The molecule has 3 N–H and O–H groups in total. The Labute approximate surface area is 126 Å². The predicted octanol–water partition coefficient (Wildman–Crippen LogP) is 0.0518. The number of hydrogen-bond acceptors (Lipinski definition) is 8. The fourth-order valence-corrected chi connectivity index (χ4v) is 2.95. The Morgan fingerprint density at radius 1 is 1.76 bits per heavy atom. The molecule has 1 aliphatic heterocycles. The van der Waals surface area contributed by atoms with E-state index in [1.807, 2.05) is 0 Å². The summed E-state index contributed by atoms with van der Waals surface area (Å²) in [6.45, 7) is -0.543. The number of rotatable bonds is 5. The number of aliphatic hydroxyl groups is 1. The van der Waals surface area contributed by atoms with Crippen LogP contribution in [0.4, 0.5) is 5.82 Å². The fourth-order valence-electron chi connectivity index (χ4n) is 2.15. The first-order valence-corrected chi connectivity index (χ1v) is 8.26. The number of anilines is 1. The van der Waals surface area contributed by atoms with Crippen LogP contribution >= 0.6 is 19.5 Å². The Morgan fingerprint density at radius 2 is 2.48 bits per heavy atom. The number of aliphatic hydroxyl groups excluding tert-OH is 1. The molecule has 1 aromatic heterocycles. The van der Waals surface area contributed by atoms with Crippen molar-refractivity contribution in [2.75, 3.05) is 19.5 Å². The van der Waals surface area contributed by atoms with Crippen LogP contribution in [0, 0.1) is 0 Å².